The van der Waals surface area contributed by atoms with E-state index < -0.39 is 5.82 Å². The molecule has 8 nitrogen and oxygen atoms in total. The molecule has 7 rings (SSSR count). The number of nitriles is 1. The number of nitrogens with one attached hydrogen (secondary N) is 1. The van der Waals surface area contributed by atoms with Crippen LogP contribution in [0.3, 0.4) is 0 Å². The minimum Gasteiger partial charge on any atom is -0.473 e. The Kier molecular flexibility index (Phi) is 7.93. The Balaban J connectivity index is 1.10. The highest BCUT2D eigenvalue weighted by molar-refractivity contribution is 5.74. The lowest BCUT2D eigenvalue weighted by Gasteiger charge is -2.26. The van der Waals surface area contributed by atoms with Gasteiger partial charge >= 0.3 is 0 Å². The zero-order chi connectivity index (χ0) is 31.7. The molecule has 1 saturated carbocycles. The molecule has 3 aromatic carbocycles. The van der Waals surface area contributed by atoms with E-state index in [1.54, 1.807) is 42.5 Å². The lowest BCUT2D eigenvalue weighted by atomic mass is 9.96. The zero-order valence-corrected chi connectivity index (χ0v) is 25.0. The van der Waals surface area contributed by atoms with E-state index >= 15 is 4.39 Å². The van der Waals surface area contributed by atoms with Crippen molar-refractivity contribution in [2.24, 2.45) is 5.41 Å². The van der Waals surface area contributed by atoms with Crippen LogP contribution in [0.15, 0.2) is 72.8 Å². The lowest BCUT2D eigenvalue weighted by molar-refractivity contribution is -0.687. The number of rotatable bonds is 12. The maximum atomic E-state index is 15.6. The summed E-state index contributed by atoms with van der Waals surface area (Å²) in [6.07, 6.45) is 2.65. The second-order valence-corrected chi connectivity index (χ2v) is 12.1. The van der Waals surface area contributed by atoms with Gasteiger partial charge in [-0.3, -0.25) is 4.79 Å². The van der Waals surface area contributed by atoms with Crippen LogP contribution >= 0.6 is 0 Å². The molecule has 1 aliphatic heterocycles. The maximum absolute atomic E-state index is 15.6. The maximum Gasteiger partial charge on any atom is 0.298 e. The number of halogens is 2. The molecule has 10 heteroatoms. The Hall–Kier alpha value is -5.14. The molecule has 0 unspecified atom stereocenters. The molecule has 2 aliphatic rings. The molecule has 232 valence electrons. The molecule has 1 saturated heterocycles. The van der Waals surface area contributed by atoms with Gasteiger partial charge in [0.2, 0.25) is 5.88 Å². The monoisotopic (exact) mass is 621 g/mol. The number of fused-ring (bicyclic) bond motifs is 1. The molecule has 3 heterocycles. The summed E-state index contributed by atoms with van der Waals surface area (Å²) in [5.74, 6) is 1.00. The van der Waals surface area contributed by atoms with Crippen LogP contribution in [0.2, 0.25) is 0 Å². The second kappa shape index (κ2) is 12.3. The van der Waals surface area contributed by atoms with Gasteiger partial charge in [-0.05, 0) is 54.3 Å². The highest BCUT2D eigenvalue weighted by Gasteiger charge is 2.45. The third-order valence-corrected chi connectivity index (χ3v) is 8.94. The molecule has 0 bridgehead atoms. The number of carbonyl (C=O) groups is 1. The Morgan fingerprint density at radius 3 is 2.59 bits per heavy atom. The van der Waals surface area contributed by atoms with Gasteiger partial charge in [0.25, 0.3) is 12.3 Å². The van der Waals surface area contributed by atoms with E-state index in [1.807, 2.05) is 18.2 Å². The molecule has 1 N–H and O–H groups in total. The lowest BCUT2D eigenvalue weighted by Crippen LogP contribution is -2.41. The first kappa shape index (κ1) is 29.6. The molecular weight excluding hydrogens is 590 g/mol. The fraction of sp³-hybridized carbons (Fsp3) is 0.278. The van der Waals surface area contributed by atoms with Crippen LogP contribution in [0.25, 0.3) is 22.3 Å². The van der Waals surface area contributed by atoms with Gasteiger partial charge < -0.3 is 14.2 Å². The molecular formula is C36H31F2N4O4+. The Morgan fingerprint density at radius 2 is 1.87 bits per heavy atom. The summed E-state index contributed by atoms with van der Waals surface area (Å²) < 4.78 is 48.5. The summed E-state index contributed by atoms with van der Waals surface area (Å²) >= 11 is 0. The van der Waals surface area contributed by atoms with E-state index in [2.05, 4.69) is 20.6 Å². The fourth-order valence-electron chi connectivity index (χ4n) is 5.94. The van der Waals surface area contributed by atoms with Crippen LogP contribution in [0.4, 0.5) is 8.78 Å². The van der Waals surface area contributed by atoms with Crippen LogP contribution in [0.1, 0.15) is 47.7 Å². The number of H-pyrrole nitrogens is 1. The Labute approximate surface area is 264 Å². The quantitative estimate of drug-likeness (QED) is 0.130. The standard InChI is InChI=1S/C36H30F2N4O4/c37-29-15-25(31-2-1-3-35(41-31)45-20-26-7-4-23(14-30(26)38)27-18-44-19-27)6-5-24(29)16-34-40-32-17-28(46-22-43)8-9-33(32)42(34)21-36(10-11-36)12-13-39/h1-9,14-15,17,22,27H,10-12,16,18-21H2/p+1. The Bertz CT molecular complexity index is 1980. The number of benzene rings is 3. The molecule has 2 fully saturated rings. The third kappa shape index (κ3) is 6.06. The van der Waals surface area contributed by atoms with Crippen molar-refractivity contribution in [3.63, 3.8) is 0 Å². The van der Waals surface area contributed by atoms with Crippen LogP contribution in [0, 0.1) is 28.4 Å². The first-order chi connectivity index (χ1) is 22.4. The van der Waals surface area contributed by atoms with E-state index in [0.717, 1.165) is 35.3 Å². The number of ether oxygens (including phenoxy) is 3. The number of carbonyl (C=O) groups excluding carboxylic acids is 1. The number of imidazole rings is 1. The number of nitrogens with zero attached hydrogens (tertiary/aromatic N) is 3. The van der Waals surface area contributed by atoms with Crippen molar-refractivity contribution < 1.29 is 32.4 Å². The van der Waals surface area contributed by atoms with Gasteiger partial charge in [-0.1, -0.05) is 30.3 Å². The Morgan fingerprint density at radius 1 is 1.04 bits per heavy atom. The molecule has 0 spiro atoms. The highest BCUT2D eigenvalue weighted by Crippen LogP contribution is 2.49. The molecule has 46 heavy (non-hydrogen) atoms. The van der Waals surface area contributed by atoms with Crippen LogP contribution in [0.5, 0.6) is 11.6 Å². The van der Waals surface area contributed by atoms with E-state index in [4.69, 9.17) is 14.2 Å². The van der Waals surface area contributed by atoms with Crippen molar-refractivity contribution in [3.05, 3.63) is 107 Å². The smallest absolute Gasteiger partial charge is 0.298 e. The summed E-state index contributed by atoms with van der Waals surface area (Å²) in [4.78, 5) is 18.8. The predicted molar refractivity (Wildman–Crippen MR) is 164 cm³/mol. The van der Waals surface area contributed by atoms with Gasteiger partial charge in [0.05, 0.1) is 37.9 Å². The third-order valence-electron chi connectivity index (χ3n) is 8.94. The molecule has 0 atom stereocenters. The zero-order valence-electron chi connectivity index (χ0n) is 25.0. The number of aromatic amines is 1. The van der Waals surface area contributed by atoms with E-state index in [0.29, 0.717) is 66.7 Å². The summed E-state index contributed by atoms with van der Waals surface area (Å²) in [5.41, 5.74) is 4.48. The van der Waals surface area contributed by atoms with E-state index in [1.165, 1.54) is 12.1 Å². The van der Waals surface area contributed by atoms with Crippen LogP contribution in [-0.4, -0.2) is 29.7 Å². The first-order valence-corrected chi connectivity index (χ1v) is 15.2. The second-order valence-electron chi connectivity index (χ2n) is 12.1. The summed E-state index contributed by atoms with van der Waals surface area (Å²) in [6, 6.07) is 23.0. The van der Waals surface area contributed by atoms with Crippen molar-refractivity contribution in [1.82, 2.24) is 9.97 Å². The van der Waals surface area contributed by atoms with Gasteiger partial charge in [-0.25, -0.2) is 23.3 Å². The van der Waals surface area contributed by atoms with Gasteiger partial charge in [-0.2, -0.15) is 5.26 Å². The molecule has 1 aliphatic carbocycles. The summed E-state index contributed by atoms with van der Waals surface area (Å²) in [6.45, 7) is 2.24. The largest absolute Gasteiger partial charge is 0.473 e. The molecule has 0 amide bonds. The normalized spacial score (nSPS) is 15.2. The summed E-state index contributed by atoms with van der Waals surface area (Å²) in [5, 5.41) is 9.39. The molecule has 0 radical (unpaired) electrons. The molecule has 5 aromatic rings. The number of hydrogen-bond donors (Lipinski definition) is 1. The van der Waals surface area contributed by atoms with Crippen molar-refractivity contribution in [2.45, 2.75) is 44.8 Å². The van der Waals surface area contributed by atoms with E-state index in [9.17, 15) is 14.4 Å². The van der Waals surface area contributed by atoms with E-state index in [-0.39, 0.29) is 30.2 Å². The average molecular weight is 622 g/mol. The van der Waals surface area contributed by atoms with Gasteiger partial charge in [0, 0.05) is 41.0 Å². The van der Waals surface area contributed by atoms with Crippen molar-refractivity contribution in [2.75, 3.05) is 13.2 Å². The fourth-order valence-corrected chi connectivity index (χ4v) is 5.94. The number of pyridine rings is 1. The molecule has 2 aromatic heterocycles. The van der Waals surface area contributed by atoms with Gasteiger partial charge in [0.1, 0.15) is 24.0 Å². The minimum atomic E-state index is -0.391. The van der Waals surface area contributed by atoms with Crippen LogP contribution < -0.4 is 14.0 Å². The number of aromatic nitrogens is 3. The highest BCUT2D eigenvalue weighted by atomic mass is 19.1. The van der Waals surface area contributed by atoms with Crippen molar-refractivity contribution in [3.8, 4) is 29.0 Å². The first-order valence-electron chi connectivity index (χ1n) is 15.2. The van der Waals surface area contributed by atoms with Crippen molar-refractivity contribution >= 4 is 17.5 Å². The van der Waals surface area contributed by atoms with Crippen molar-refractivity contribution in [1.29, 1.82) is 5.26 Å². The SMILES string of the molecule is N#CCC1(C[n+]2c(Cc3ccc(-c4cccc(OCc5ccc(C6COC6)cc5F)n4)cc3F)[nH]c3cc(OC=O)ccc32)CC1. The number of hydrogen-bond acceptors (Lipinski definition) is 6. The van der Waals surface area contributed by atoms with Crippen LogP contribution in [-0.2, 0) is 29.1 Å². The average Bonchev–Trinajstić information content (AvgIpc) is 3.71. The van der Waals surface area contributed by atoms with Gasteiger partial charge in [0.15, 0.2) is 11.0 Å². The summed E-state index contributed by atoms with van der Waals surface area (Å²) in [7, 11) is 0. The van der Waals surface area contributed by atoms with Gasteiger partial charge in [-0.15, -0.1) is 0 Å². The minimum absolute atomic E-state index is 0.0138. The topological polar surface area (TPSA) is 101 Å². The predicted octanol–water partition coefficient (Wildman–Crippen LogP) is 6.31.